The predicted molar refractivity (Wildman–Crippen MR) is 120 cm³/mol. The Hall–Kier alpha value is -2.48. The van der Waals surface area contributed by atoms with Crippen LogP contribution in [0.25, 0.3) is 0 Å². The van der Waals surface area contributed by atoms with E-state index in [0.29, 0.717) is 11.7 Å². The van der Waals surface area contributed by atoms with Gasteiger partial charge in [0.2, 0.25) is 0 Å². The van der Waals surface area contributed by atoms with E-state index in [2.05, 4.69) is 28.0 Å². The lowest BCUT2D eigenvalue weighted by molar-refractivity contribution is -0.906. The molecule has 6 nitrogen and oxygen atoms in total. The van der Waals surface area contributed by atoms with E-state index in [9.17, 15) is 0 Å². The monoisotopic (exact) mass is 413 g/mol. The van der Waals surface area contributed by atoms with Crippen molar-refractivity contribution in [2.45, 2.75) is 13.5 Å². The summed E-state index contributed by atoms with van der Waals surface area (Å²) in [4.78, 5) is 1.54. The molecule has 2 aromatic carbocycles. The van der Waals surface area contributed by atoms with Crippen LogP contribution >= 0.6 is 12.2 Å². The highest BCUT2D eigenvalue weighted by Gasteiger charge is 2.12. The van der Waals surface area contributed by atoms with Crippen molar-refractivity contribution < 1.29 is 14.4 Å². The minimum Gasteiger partial charge on any atom is -0.489 e. The Labute approximate surface area is 177 Å². The molecule has 29 heavy (non-hydrogen) atoms. The van der Waals surface area contributed by atoms with Gasteiger partial charge < -0.3 is 19.7 Å². The first kappa shape index (κ1) is 21.2. The number of hydrogen-bond acceptors (Lipinski definition) is 4. The minimum absolute atomic E-state index is 0.542. The molecule has 0 aliphatic carbocycles. The van der Waals surface area contributed by atoms with E-state index >= 15 is 0 Å². The molecule has 3 N–H and O–H groups in total. The van der Waals surface area contributed by atoms with Gasteiger partial charge in [0.25, 0.3) is 0 Å². The fourth-order valence-electron chi connectivity index (χ4n) is 3.03. The second-order valence-electron chi connectivity index (χ2n) is 6.98. The topological polar surface area (TPSA) is 59.3 Å². The summed E-state index contributed by atoms with van der Waals surface area (Å²) < 4.78 is 11.2. The largest absolute Gasteiger partial charge is 0.489 e. The Morgan fingerprint density at radius 2 is 1.83 bits per heavy atom. The van der Waals surface area contributed by atoms with E-state index in [4.69, 9.17) is 21.7 Å². The predicted octanol–water partition coefficient (Wildman–Crippen LogP) is 1.37. The Bertz CT molecular complexity index is 790. The van der Waals surface area contributed by atoms with Crippen molar-refractivity contribution in [2.75, 3.05) is 39.4 Å². The van der Waals surface area contributed by atoms with Crippen molar-refractivity contribution in [3.63, 3.8) is 0 Å². The van der Waals surface area contributed by atoms with Crippen molar-refractivity contribution in [3.05, 3.63) is 65.7 Å². The van der Waals surface area contributed by atoms with Crippen molar-refractivity contribution in [3.8, 4) is 5.75 Å². The highest BCUT2D eigenvalue weighted by molar-refractivity contribution is 7.80. The first-order valence-corrected chi connectivity index (χ1v) is 10.4. The molecule has 1 heterocycles. The average molecular weight is 414 g/mol. The van der Waals surface area contributed by atoms with E-state index in [1.165, 1.54) is 0 Å². The molecule has 1 saturated heterocycles. The van der Waals surface area contributed by atoms with Crippen molar-refractivity contribution in [2.24, 2.45) is 5.10 Å². The summed E-state index contributed by atoms with van der Waals surface area (Å²) in [5.41, 5.74) is 5.95. The Balaban J connectivity index is 1.39. The van der Waals surface area contributed by atoms with E-state index in [-0.39, 0.29) is 0 Å². The van der Waals surface area contributed by atoms with Crippen LogP contribution in [0.3, 0.4) is 0 Å². The van der Waals surface area contributed by atoms with Gasteiger partial charge in [-0.05, 0) is 54.5 Å². The molecular weight excluding hydrogens is 384 g/mol. The van der Waals surface area contributed by atoms with Crippen LogP contribution in [0.2, 0.25) is 0 Å². The number of morpholine rings is 1. The van der Waals surface area contributed by atoms with Gasteiger partial charge in [-0.3, -0.25) is 5.43 Å². The summed E-state index contributed by atoms with van der Waals surface area (Å²) in [6.45, 7) is 8.17. The van der Waals surface area contributed by atoms with Crippen LogP contribution in [0.5, 0.6) is 5.75 Å². The van der Waals surface area contributed by atoms with Crippen LogP contribution in [-0.4, -0.2) is 50.2 Å². The molecule has 0 bridgehead atoms. The molecule has 0 radical (unpaired) electrons. The lowest BCUT2D eigenvalue weighted by Crippen LogP contribution is -3.14. The molecule has 0 spiro atoms. The van der Waals surface area contributed by atoms with Gasteiger partial charge in [0.1, 0.15) is 25.4 Å². The lowest BCUT2D eigenvalue weighted by atomic mass is 10.1. The summed E-state index contributed by atoms with van der Waals surface area (Å²) in [5, 5.41) is 8.13. The third-order valence-electron chi connectivity index (χ3n) is 4.81. The van der Waals surface area contributed by atoms with Gasteiger partial charge in [0, 0.05) is 0 Å². The third-order valence-corrected chi connectivity index (χ3v) is 5.05. The highest BCUT2D eigenvalue weighted by Crippen LogP contribution is 2.14. The fraction of sp³-hybridized carbons (Fsp3) is 0.364. The quantitative estimate of drug-likeness (QED) is 0.347. The zero-order valence-corrected chi connectivity index (χ0v) is 17.6. The van der Waals surface area contributed by atoms with Crippen LogP contribution < -0.4 is 20.4 Å². The highest BCUT2D eigenvalue weighted by atomic mass is 32.1. The standard InChI is InChI=1S/C22H28N4O2S/c1-18(24-25-22(29)23-11-12-26-13-15-27-16-14-26)20-7-9-21(10-8-20)28-17-19-5-3-2-4-6-19/h2-10H,11-17H2,1H3,(H2,23,25,29)/p+1/b24-18-. The van der Waals surface area contributed by atoms with E-state index in [1.807, 2.05) is 49.4 Å². The number of hydrogen-bond donors (Lipinski definition) is 3. The van der Waals surface area contributed by atoms with Crippen molar-refractivity contribution in [1.29, 1.82) is 0 Å². The average Bonchev–Trinajstić information content (AvgIpc) is 2.78. The molecule has 1 fully saturated rings. The fourth-order valence-corrected chi connectivity index (χ4v) is 3.18. The van der Waals surface area contributed by atoms with Gasteiger partial charge in [-0.15, -0.1) is 0 Å². The van der Waals surface area contributed by atoms with Gasteiger partial charge in [0.05, 0.1) is 32.0 Å². The molecule has 154 valence electrons. The van der Waals surface area contributed by atoms with E-state index in [1.54, 1.807) is 4.90 Å². The molecule has 2 aromatic rings. The van der Waals surface area contributed by atoms with Gasteiger partial charge in [-0.2, -0.15) is 5.10 Å². The molecule has 1 aliphatic heterocycles. The number of ether oxygens (including phenoxy) is 2. The number of quaternary nitrogens is 1. The normalized spacial score (nSPS) is 15.0. The Morgan fingerprint density at radius 1 is 1.10 bits per heavy atom. The summed E-state index contributed by atoms with van der Waals surface area (Å²) in [5.74, 6) is 0.834. The van der Waals surface area contributed by atoms with Gasteiger partial charge in [0.15, 0.2) is 5.11 Å². The number of rotatable bonds is 8. The van der Waals surface area contributed by atoms with E-state index < -0.39 is 0 Å². The number of thiocarbonyl (C=S) groups is 1. The molecule has 0 atom stereocenters. The maximum atomic E-state index is 5.82. The van der Waals surface area contributed by atoms with Gasteiger partial charge in [-0.1, -0.05) is 30.3 Å². The maximum absolute atomic E-state index is 5.82. The lowest BCUT2D eigenvalue weighted by Gasteiger charge is -2.23. The number of nitrogens with zero attached hydrogens (tertiary/aromatic N) is 1. The van der Waals surface area contributed by atoms with Crippen LogP contribution in [0.15, 0.2) is 59.7 Å². The Kier molecular flexibility index (Phi) is 8.42. The smallest absolute Gasteiger partial charge is 0.187 e. The molecule has 3 rings (SSSR count). The van der Waals surface area contributed by atoms with E-state index in [0.717, 1.165) is 62.0 Å². The molecule has 0 aromatic heterocycles. The maximum Gasteiger partial charge on any atom is 0.187 e. The summed E-state index contributed by atoms with van der Waals surface area (Å²) in [6.07, 6.45) is 0. The second kappa shape index (κ2) is 11.5. The minimum atomic E-state index is 0.542. The van der Waals surface area contributed by atoms with Crippen LogP contribution in [0.4, 0.5) is 0 Å². The molecule has 7 heteroatoms. The molecule has 1 aliphatic rings. The first-order valence-electron chi connectivity index (χ1n) is 9.97. The molecule has 0 amide bonds. The number of hydrazone groups is 1. The summed E-state index contributed by atoms with van der Waals surface area (Å²) in [6, 6.07) is 18.0. The summed E-state index contributed by atoms with van der Waals surface area (Å²) in [7, 11) is 0. The summed E-state index contributed by atoms with van der Waals surface area (Å²) >= 11 is 5.31. The molecular formula is C22H29N4O2S+. The van der Waals surface area contributed by atoms with Crippen LogP contribution in [0.1, 0.15) is 18.1 Å². The number of benzene rings is 2. The number of nitrogens with one attached hydrogen (secondary N) is 3. The molecule has 0 unspecified atom stereocenters. The van der Waals surface area contributed by atoms with Crippen LogP contribution in [-0.2, 0) is 11.3 Å². The van der Waals surface area contributed by atoms with Crippen LogP contribution in [0, 0.1) is 0 Å². The first-order chi connectivity index (χ1) is 14.2. The third kappa shape index (κ3) is 7.45. The Morgan fingerprint density at radius 3 is 2.55 bits per heavy atom. The zero-order chi connectivity index (χ0) is 20.3. The van der Waals surface area contributed by atoms with Gasteiger partial charge >= 0.3 is 0 Å². The van der Waals surface area contributed by atoms with Crippen molar-refractivity contribution >= 4 is 23.0 Å². The second-order valence-corrected chi connectivity index (χ2v) is 7.38. The molecule has 0 saturated carbocycles. The van der Waals surface area contributed by atoms with Crippen molar-refractivity contribution in [1.82, 2.24) is 10.7 Å². The zero-order valence-electron chi connectivity index (χ0n) is 16.8. The SMILES string of the molecule is C/C(=N/NC(=S)NCC[NH+]1CCOCC1)c1ccc(OCc2ccccc2)cc1. The van der Waals surface area contributed by atoms with Gasteiger partial charge in [-0.25, -0.2) is 0 Å².